The summed E-state index contributed by atoms with van der Waals surface area (Å²) in [5.74, 6) is -0.330. The Balaban J connectivity index is 1.96. The number of nitrogens with one attached hydrogen (secondary N) is 2. The van der Waals surface area contributed by atoms with Crippen LogP contribution in [0.5, 0.6) is 0 Å². The number of carbonyl (C=O) groups is 2. The van der Waals surface area contributed by atoms with E-state index in [0.29, 0.717) is 30.8 Å². The lowest BCUT2D eigenvalue weighted by Crippen LogP contribution is -2.32. The van der Waals surface area contributed by atoms with Gasteiger partial charge in [-0.1, -0.05) is 12.8 Å². The summed E-state index contributed by atoms with van der Waals surface area (Å²) in [5.41, 5.74) is 0.409. The van der Waals surface area contributed by atoms with Crippen molar-refractivity contribution in [3.8, 4) is 6.07 Å². The first kappa shape index (κ1) is 17.0. The van der Waals surface area contributed by atoms with Crippen LogP contribution in [0.3, 0.4) is 0 Å². The largest absolute Gasteiger partial charge is 0.325 e. The molecule has 23 heavy (non-hydrogen) atoms. The lowest BCUT2D eigenvalue weighted by Gasteiger charge is -2.19. The van der Waals surface area contributed by atoms with Crippen LogP contribution in [-0.4, -0.2) is 37.4 Å². The average molecular weight is 314 g/mol. The summed E-state index contributed by atoms with van der Waals surface area (Å²) >= 11 is 0. The number of likely N-dealkylation sites (N-methyl/N-ethyl adjacent to an activating group) is 1. The number of hydrogen-bond acceptors (Lipinski definition) is 4. The fourth-order valence-electron chi connectivity index (χ4n) is 2.74. The second kappa shape index (κ2) is 7.25. The van der Waals surface area contributed by atoms with Crippen LogP contribution < -0.4 is 10.6 Å². The monoisotopic (exact) mass is 314 g/mol. The molecule has 1 aromatic rings. The van der Waals surface area contributed by atoms with Crippen molar-refractivity contribution in [1.82, 2.24) is 4.90 Å². The molecule has 0 unspecified atom stereocenters. The third-order valence-electron chi connectivity index (χ3n) is 3.99. The van der Waals surface area contributed by atoms with Gasteiger partial charge >= 0.3 is 0 Å². The van der Waals surface area contributed by atoms with Crippen LogP contribution >= 0.6 is 0 Å². The third kappa shape index (κ3) is 4.30. The van der Waals surface area contributed by atoms with Crippen LogP contribution in [0.2, 0.25) is 0 Å². The number of benzene rings is 1. The van der Waals surface area contributed by atoms with E-state index in [-0.39, 0.29) is 11.8 Å². The van der Waals surface area contributed by atoms with E-state index >= 15 is 0 Å². The standard InChI is InChI=1S/C17H22N4O2/c1-21(2)11-15(22)19-13-5-7-14(8-6-13)20-16(23)17(12-18)9-3-4-10-17/h5-8H,3-4,9-11H2,1-2H3,(H,19,22)(H,20,23). The first-order chi connectivity index (χ1) is 10.9. The van der Waals surface area contributed by atoms with Gasteiger partial charge < -0.3 is 15.5 Å². The summed E-state index contributed by atoms with van der Waals surface area (Å²) < 4.78 is 0. The lowest BCUT2D eigenvalue weighted by atomic mass is 9.87. The van der Waals surface area contributed by atoms with Gasteiger partial charge in [0, 0.05) is 11.4 Å². The quantitative estimate of drug-likeness (QED) is 0.872. The van der Waals surface area contributed by atoms with Gasteiger partial charge in [0.2, 0.25) is 11.8 Å². The van der Waals surface area contributed by atoms with Crippen LogP contribution in [0, 0.1) is 16.7 Å². The van der Waals surface area contributed by atoms with Crippen molar-refractivity contribution in [3.05, 3.63) is 24.3 Å². The molecule has 0 atom stereocenters. The highest BCUT2D eigenvalue weighted by Crippen LogP contribution is 2.38. The summed E-state index contributed by atoms with van der Waals surface area (Å²) in [4.78, 5) is 25.8. The fourth-order valence-corrected chi connectivity index (χ4v) is 2.74. The second-order valence-corrected chi connectivity index (χ2v) is 6.22. The molecule has 2 amide bonds. The number of amides is 2. The Bertz CT molecular complexity index is 610. The van der Waals surface area contributed by atoms with Crippen LogP contribution in [0.4, 0.5) is 11.4 Å². The zero-order chi connectivity index (χ0) is 16.9. The van der Waals surface area contributed by atoms with Crippen LogP contribution in [0.25, 0.3) is 0 Å². The van der Waals surface area contributed by atoms with Crippen molar-refractivity contribution < 1.29 is 9.59 Å². The van der Waals surface area contributed by atoms with E-state index in [9.17, 15) is 14.9 Å². The zero-order valence-corrected chi connectivity index (χ0v) is 13.6. The minimum atomic E-state index is -0.890. The number of hydrogen-bond donors (Lipinski definition) is 2. The fraction of sp³-hybridized carbons (Fsp3) is 0.471. The molecule has 1 aromatic carbocycles. The molecule has 0 aromatic heterocycles. The first-order valence-corrected chi connectivity index (χ1v) is 7.72. The number of nitrogens with zero attached hydrogens (tertiary/aromatic N) is 2. The van der Waals surface area contributed by atoms with E-state index in [4.69, 9.17) is 0 Å². The molecule has 0 aliphatic heterocycles. The predicted molar refractivity (Wildman–Crippen MR) is 88.8 cm³/mol. The normalized spacial score (nSPS) is 15.9. The van der Waals surface area contributed by atoms with Gasteiger partial charge in [-0.3, -0.25) is 9.59 Å². The molecule has 6 heteroatoms. The Morgan fingerprint density at radius 3 is 2.13 bits per heavy atom. The maximum atomic E-state index is 12.3. The van der Waals surface area contributed by atoms with Gasteiger partial charge in [-0.2, -0.15) is 5.26 Å². The molecule has 1 aliphatic rings. The topological polar surface area (TPSA) is 85.2 Å². The Morgan fingerprint density at radius 2 is 1.65 bits per heavy atom. The third-order valence-corrected chi connectivity index (χ3v) is 3.99. The summed E-state index contributed by atoms with van der Waals surface area (Å²) in [6.45, 7) is 0.309. The summed E-state index contributed by atoms with van der Waals surface area (Å²) in [6, 6.07) is 9.10. The molecule has 1 fully saturated rings. The van der Waals surface area contributed by atoms with Gasteiger partial charge in [-0.15, -0.1) is 0 Å². The SMILES string of the molecule is CN(C)CC(=O)Nc1ccc(NC(=O)C2(C#N)CCCC2)cc1. The van der Waals surface area contributed by atoms with Gasteiger partial charge in [-0.05, 0) is 51.2 Å². The van der Waals surface area contributed by atoms with Gasteiger partial charge in [0.25, 0.3) is 0 Å². The van der Waals surface area contributed by atoms with Gasteiger partial charge in [-0.25, -0.2) is 0 Å². The number of rotatable bonds is 5. The molecule has 2 N–H and O–H groups in total. The molecule has 0 spiro atoms. The van der Waals surface area contributed by atoms with E-state index in [2.05, 4.69) is 16.7 Å². The number of anilines is 2. The first-order valence-electron chi connectivity index (χ1n) is 7.72. The molecule has 0 radical (unpaired) electrons. The van der Waals surface area contributed by atoms with E-state index < -0.39 is 5.41 Å². The van der Waals surface area contributed by atoms with E-state index in [0.717, 1.165) is 12.8 Å². The molecule has 0 bridgehead atoms. The zero-order valence-electron chi connectivity index (χ0n) is 13.6. The van der Waals surface area contributed by atoms with E-state index in [1.54, 1.807) is 29.2 Å². The predicted octanol–water partition coefficient (Wildman–Crippen LogP) is 2.21. The van der Waals surface area contributed by atoms with Gasteiger partial charge in [0.1, 0.15) is 5.41 Å². The maximum Gasteiger partial charge on any atom is 0.244 e. The summed E-state index contributed by atoms with van der Waals surface area (Å²) in [7, 11) is 3.65. The average Bonchev–Trinajstić information content (AvgIpc) is 2.98. The second-order valence-electron chi connectivity index (χ2n) is 6.22. The van der Waals surface area contributed by atoms with E-state index in [1.807, 2.05) is 14.1 Å². The Labute approximate surface area is 136 Å². The van der Waals surface area contributed by atoms with Gasteiger partial charge in [0.05, 0.1) is 12.6 Å². The highest BCUT2D eigenvalue weighted by atomic mass is 16.2. The molecule has 122 valence electrons. The number of carbonyl (C=O) groups excluding carboxylic acids is 2. The lowest BCUT2D eigenvalue weighted by molar-refractivity contribution is -0.122. The minimum absolute atomic E-state index is 0.0961. The molecule has 0 heterocycles. The molecular weight excluding hydrogens is 292 g/mol. The Kier molecular flexibility index (Phi) is 5.35. The van der Waals surface area contributed by atoms with Gasteiger partial charge in [0.15, 0.2) is 0 Å². The van der Waals surface area contributed by atoms with Crippen molar-refractivity contribution in [2.75, 3.05) is 31.3 Å². The molecule has 1 aliphatic carbocycles. The molecular formula is C17H22N4O2. The molecule has 1 saturated carbocycles. The van der Waals surface area contributed by atoms with Crippen LogP contribution in [0.1, 0.15) is 25.7 Å². The Hall–Kier alpha value is -2.39. The van der Waals surface area contributed by atoms with Crippen molar-refractivity contribution >= 4 is 23.2 Å². The van der Waals surface area contributed by atoms with E-state index in [1.165, 1.54) is 0 Å². The highest BCUT2D eigenvalue weighted by molar-refractivity contribution is 5.98. The van der Waals surface area contributed by atoms with Crippen LogP contribution in [0.15, 0.2) is 24.3 Å². The van der Waals surface area contributed by atoms with Crippen molar-refractivity contribution in [1.29, 1.82) is 5.26 Å². The van der Waals surface area contributed by atoms with Crippen LogP contribution in [-0.2, 0) is 9.59 Å². The van der Waals surface area contributed by atoms with Crippen molar-refractivity contribution in [2.24, 2.45) is 5.41 Å². The van der Waals surface area contributed by atoms with Crippen molar-refractivity contribution in [3.63, 3.8) is 0 Å². The number of nitriles is 1. The smallest absolute Gasteiger partial charge is 0.244 e. The summed E-state index contributed by atoms with van der Waals surface area (Å²) in [5, 5.41) is 14.9. The molecule has 2 rings (SSSR count). The Morgan fingerprint density at radius 1 is 1.13 bits per heavy atom. The van der Waals surface area contributed by atoms with Crippen molar-refractivity contribution in [2.45, 2.75) is 25.7 Å². The highest BCUT2D eigenvalue weighted by Gasteiger charge is 2.41. The maximum absolute atomic E-state index is 12.3. The molecule has 6 nitrogen and oxygen atoms in total. The minimum Gasteiger partial charge on any atom is -0.325 e. The summed E-state index contributed by atoms with van der Waals surface area (Å²) in [6.07, 6.45) is 3.07. The molecule has 0 saturated heterocycles.